The predicted molar refractivity (Wildman–Crippen MR) is 110 cm³/mol. The minimum atomic E-state index is -4.80. The SMILES string of the molecule is CC(C)=[N+](CCCS(=O)(=O)O)c1ccc2c(S(=O)(=O)O)cc(S(=O)(=O)O)cc2c1C. The Labute approximate surface area is 175 Å². The molecule has 0 spiro atoms. The zero-order valence-corrected chi connectivity index (χ0v) is 18.8. The van der Waals surface area contributed by atoms with E-state index in [1.54, 1.807) is 31.4 Å². The molecule has 0 saturated carbocycles. The van der Waals surface area contributed by atoms with Gasteiger partial charge in [0.15, 0.2) is 5.71 Å². The Bertz CT molecular complexity index is 1350. The zero-order chi connectivity index (χ0) is 23.1. The first-order valence-electron chi connectivity index (χ1n) is 8.57. The summed E-state index contributed by atoms with van der Waals surface area (Å²) >= 11 is 0. The highest BCUT2D eigenvalue weighted by Crippen LogP contribution is 2.34. The van der Waals surface area contributed by atoms with Crippen LogP contribution in [0.4, 0.5) is 5.69 Å². The van der Waals surface area contributed by atoms with Crippen molar-refractivity contribution in [2.75, 3.05) is 12.3 Å². The Morgan fingerprint density at radius 3 is 1.97 bits per heavy atom. The van der Waals surface area contributed by atoms with Crippen molar-refractivity contribution in [2.24, 2.45) is 0 Å². The molecular weight excluding hydrogens is 458 g/mol. The van der Waals surface area contributed by atoms with E-state index < -0.39 is 45.9 Å². The lowest BCUT2D eigenvalue weighted by molar-refractivity contribution is -0.441. The van der Waals surface area contributed by atoms with Crippen molar-refractivity contribution < 1.29 is 43.5 Å². The summed E-state index contributed by atoms with van der Waals surface area (Å²) in [6.07, 6.45) is 0.100. The second kappa shape index (κ2) is 8.32. The summed E-state index contributed by atoms with van der Waals surface area (Å²) in [5.41, 5.74) is 1.73. The van der Waals surface area contributed by atoms with Crippen LogP contribution >= 0.6 is 0 Å². The Balaban J connectivity index is 2.78. The monoisotopic (exact) mass is 480 g/mol. The van der Waals surface area contributed by atoms with Crippen molar-refractivity contribution >= 4 is 52.5 Å². The summed E-state index contributed by atoms with van der Waals surface area (Å²) in [6.45, 7) is 5.32. The van der Waals surface area contributed by atoms with E-state index in [-0.39, 0.29) is 23.7 Å². The number of fused-ring (bicyclic) bond motifs is 1. The molecule has 30 heavy (non-hydrogen) atoms. The summed E-state index contributed by atoms with van der Waals surface area (Å²) in [4.78, 5) is -1.37. The average molecular weight is 481 g/mol. The first kappa shape index (κ1) is 24.4. The minimum absolute atomic E-state index is 0.0535. The van der Waals surface area contributed by atoms with Gasteiger partial charge in [0.05, 0.1) is 10.6 Å². The van der Waals surface area contributed by atoms with Gasteiger partial charge in [0.1, 0.15) is 11.4 Å². The maximum absolute atomic E-state index is 11.8. The number of aryl methyl sites for hydroxylation is 1. The number of nitrogens with zero attached hydrogens (tertiary/aromatic N) is 1. The summed E-state index contributed by atoms with van der Waals surface area (Å²) in [6, 6.07) is 4.71. The van der Waals surface area contributed by atoms with E-state index in [9.17, 15) is 34.4 Å². The predicted octanol–water partition coefficient (Wildman–Crippen LogP) is 2.04. The molecule has 13 heteroatoms. The molecule has 3 N–H and O–H groups in total. The number of hydrogen-bond donors (Lipinski definition) is 3. The maximum atomic E-state index is 11.8. The van der Waals surface area contributed by atoms with Crippen molar-refractivity contribution in [3.05, 3.63) is 29.8 Å². The van der Waals surface area contributed by atoms with E-state index in [2.05, 4.69) is 0 Å². The molecule has 166 valence electrons. The minimum Gasteiger partial charge on any atom is -0.286 e. The van der Waals surface area contributed by atoms with E-state index in [4.69, 9.17) is 4.55 Å². The molecule has 2 aromatic rings. The van der Waals surface area contributed by atoms with Crippen molar-refractivity contribution in [2.45, 2.75) is 37.0 Å². The fraction of sp³-hybridized carbons (Fsp3) is 0.353. The van der Waals surface area contributed by atoms with Crippen LogP contribution in [0.25, 0.3) is 10.8 Å². The van der Waals surface area contributed by atoms with Gasteiger partial charge in [-0.15, -0.1) is 0 Å². The molecule has 0 atom stereocenters. The Morgan fingerprint density at radius 2 is 1.50 bits per heavy atom. The number of hydrogen-bond acceptors (Lipinski definition) is 6. The summed E-state index contributed by atoms with van der Waals surface area (Å²) < 4.78 is 98.4. The highest BCUT2D eigenvalue weighted by atomic mass is 32.2. The normalized spacial score (nSPS) is 12.9. The van der Waals surface area contributed by atoms with Gasteiger partial charge in [0.2, 0.25) is 5.69 Å². The topological polar surface area (TPSA) is 166 Å². The first-order chi connectivity index (χ1) is 13.5. The number of rotatable bonds is 7. The average Bonchev–Trinajstić information content (AvgIpc) is 2.56. The van der Waals surface area contributed by atoms with E-state index in [1.807, 2.05) is 0 Å². The van der Waals surface area contributed by atoms with Crippen LogP contribution in [0.15, 0.2) is 34.1 Å². The summed E-state index contributed by atoms with van der Waals surface area (Å²) in [5, 5.41) is 0.217. The van der Waals surface area contributed by atoms with E-state index in [0.29, 0.717) is 17.3 Å². The molecule has 2 rings (SSSR count). The second-order valence-electron chi connectivity index (χ2n) is 6.91. The molecule has 0 aliphatic heterocycles. The van der Waals surface area contributed by atoms with Crippen LogP contribution in [0.5, 0.6) is 0 Å². The van der Waals surface area contributed by atoms with Gasteiger partial charge in [-0.05, 0) is 30.5 Å². The lowest BCUT2D eigenvalue weighted by atomic mass is 10.0. The van der Waals surface area contributed by atoms with Crippen LogP contribution < -0.4 is 0 Å². The van der Waals surface area contributed by atoms with Gasteiger partial charge in [0, 0.05) is 37.3 Å². The van der Waals surface area contributed by atoms with E-state index in [1.165, 1.54) is 6.07 Å². The standard InChI is InChI=1S/C17H21NO9S3/c1-11(2)18(7-4-8-28(19,20)21)16-6-5-14-15(12(16)3)9-13(29(22,23)24)10-17(14)30(25,26)27/h5-6,9-10H,4,7-8H2,1-3H3,(H2-,19,20,21,22,23,24,25,26,27)/p+1. The lowest BCUT2D eigenvalue weighted by Gasteiger charge is -2.13. The third kappa shape index (κ3) is 5.62. The third-order valence-corrected chi connectivity index (χ3v) is 7.03. The molecule has 0 fully saturated rings. The van der Waals surface area contributed by atoms with Gasteiger partial charge in [-0.1, -0.05) is 0 Å². The Hall–Kier alpha value is -1.90. The fourth-order valence-electron chi connectivity index (χ4n) is 3.15. The van der Waals surface area contributed by atoms with Gasteiger partial charge in [-0.3, -0.25) is 13.7 Å². The summed E-state index contributed by atoms with van der Waals surface area (Å²) in [7, 11) is -13.7. The quantitative estimate of drug-likeness (QED) is 0.305. The number of benzene rings is 2. The van der Waals surface area contributed by atoms with Crippen LogP contribution in [0.2, 0.25) is 0 Å². The van der Waals surface area contributed by atoms with Crippen LogP contribution in [0.1, 0.15) is 25.8 Å². The molecule has 0 aliphatic rings. The van der Waals surface area contributed by atoms with Gasteiger partial charge in [-0.2, -0.15) is 25.3 Å². The molecule has 0 radical (unpaired) electrons. The molecule has 10 nitrogen and oxygen atoms in total. The maximum Gasteiger partial charge on any atom is 0.295 e. The van der Waals surface area contributed by atoms with Crippen molar-refractivity contribution in [3.63, 3.8) is 0 Å². The summed E-state index contributed by atoms with van der Waals surface area (Å²) in [5.74, 6) is -0.455. The van der Waals surface area contributed by atoms with Crippen LogP contribution in [-0.4, -0.2) is 61.5 Å². The fourth-order valence-corrected chi connectivity index (χ4v) is 4.99. The lowest BCUT2D eigenvalue weighted by Crippen LogP contribution is -2.18. The molecule has 0 amide bonds. The highest BCUT2D eigenvalue weighted by molar-refractivity contribution is 7.87. The second-order valence-corrected chi connectivity index (χ2v) is 11.3. The molecule has 0 bridgehead atoms. The van der Waals surface area contributed by atoms with Crippen LogP contribution in [0, 0.1) is 6.92 Å². The van der Waals surface area contributed by atoms with Gasteiger partial charge in [-0.25, -0.2) is 4.58 Å². The van der Waals surface area contributed by atoms with Gasteiger partial charge >= 0.3 is 0 Å². The molecule has 0 saturated heterocycles. The Kier molecular flexibility index (Phi) is 6.76. The molecular formula is C17H22NO9S3+. The molecule has 0 unspecified atom stereocenters. The van der Waals surface area contributed by atoms with Gasteiger partial charge in [0.25, 0.3) is 30.4 Å². The molecule has 0 heterocycles. The molecule has 2 aromatic carbocycles. The van der Waals surface area contributed by atoms with Crippen molar-refractivity contribution in [1.82, 2.24) is 0 Å². The smallest absolute Gasteiger partial charge is 0.286 e. The molecule has 0 aliphatic carbocycles. The molecule has 0 aromatic heterocycles. The first-order valence-corrected chi connectivity index (χ1v) is 13.1. The highest BCUT2D eigenvalue weighted by Gasteiger charge is 2.24. The van der Waals surface area contributed by atoms with Crippen LogP contribution in [-0.2, 0) is 30.4 Å². The van der Waals surface area contributed by atoms with E-state index >= 15 is 0 Å². The zero-order valence-electron chi connectivity index (χ0n) is 16.4. The van der Waals surface area contributed by atoms with Crippen LogP contribution in [0.3, 0.4) is 0 Å². The largest absolute Gasteiger partial charge is 0.295 e. The van der Waals surface area contributed by atoms with E-state index in [0.717, 1.165) is 11.8 Å². The third-order valence-electron chi connectivity index (χ3n) is 4.50. The van der Waals surface area contributed by atoms with Crippen molar-refractivity contribution in [1.29, 1.82) is 0 Å². The van der Waals surface area contributed by atoms with Crippen molar-refractivity contribution in [3.8, 4) is 0 Å². The Morgan fingerprint density at radius 1 is 0.900 bits per heavy atom. The van der Waals surface area contributed by atoms with Gasteiger partial charge < -0.3 is 0 Å².